The highest BCUT2D eigenvalue weighted by Crippen LogP contribution is 2.17. The van der Waals surface area contributed by atoms with Crippen molar-refractivity contribution in [2.45, 2.75) is 19.4 Å². The molecule has 0 fully saturated rings. The number of likely N-dealkylation sites (N-methyl/N-ethyl adjacent to an activating group) is 1. The summed E-state index contributed by atoms with van der Waals surface area (Å²) in [5, 5.41) is 3.13. The molecule has 0 radical (unpaired) electrons. The standard InChI is InChI=1S/C15H21N3S/c1-18(2)8-7-12-5-3-4-6-13(12)9-14-11-19-15(10-16)17-14/h3-6,11H,7-10,16H2,1-2H3. The van der Waals surface area contributed by atoms with Crippen LogP contribution in [0.15, 0.2) is 29.6 Å². The molecule has 0 saturated heterocycles. The van der Waals surface area contributed by atoms with E-state index < -0.39 is 0 Å². The number of benzene rings is 1. The molecule has 0 atom stereocenters. The zero-order chi connectivity index (χ0) is 13.7. The van der Waals surface area contributed by atoms with E-state index in [1.54, 1.807) is 11.3 Å². The first-order chi connectivity index (χ1) is 9.19. The van der Waals surface area contributed by atoms with Crippen molar-refractivity contribution in [1.82, 2.24) is 9.88 Å². The van der Waals surface area contributed by atoms with Crippen LogP contribution in [0.5, 0.6) is 0 Å². The van der Waals surface area contributed by atoms with Gasteiger partial charge in [0.2, 0.25) is 0 Å². The van der Waals surface area contributed by atoms with E-state index >= 15 is 0 Å². The van der Waals surface area contributed by atoms with Crippen molar-refractivity contribution in [2.75, 3.05) is 20.6 Å². The summed E-state index contributed by atoms with van der Waals surface area (Å²) in [5.41, 5.74) is 9.53. The van der Waals surface area contributed by atoms with E-state index in [2.05, 4.69) is 53.6 Å². The van der Waals surface area contributed by atoms with Crippen LogP contribution in [0.1, 0.15) is 21.8 Å². The molecule has 0 amide bonds. The number of rotatable bonds is 6. The summed E-state index contributed by atoms with van der Waals surface area (Å²) in [4.78, 5) is 6.76. The van der Waals surface area contributed by atoms with Gasteiger partial charge in [0.1, 0.15) is 5.01 Å². The van der Waals surface area contributed by atoms with Crippen molar-refractivity contribution >= 4 is 11.3 Å². The lowest BCUT2D eigenvalue weighted by molar-refractivity contribution is 0.413. The normalized spacial score (nSPS) is 11.2. The third-order valence-electron chi connectivity index (χ3n) is 3.09. The van der Waals surface area contributed by atoms with Gasteiger partial charge in [0.25, 0.3) is 0 Å². The van der Waals surface area contributed by atoms with Crippen molar-refractivity contribution < 1.29 is 0 Å². The smallest absolute Gasteiger partial charge is 0.106 e. The van der Waals surface area contributed by atoms with Crippen LogP contribution in [0.4, 0.5) is 0 Å². The number of thiazole rings is 1. The van der Waals surface area contributed by atoms with E-state index in [-0.39, 0.29) is 0 Å². The summed E-state index contributed by atoms with van der Waals surface area (Å²) in [7, 11) is 4.22. The van der Waals surface area contributed by atoms with Crippen LogP contribution in [-0.4, -0.2) is 30.5 Å². The van der Waals surface area contributed by atoms with Crippen LogP contribution in [0.3, 0.4) is 0 Å². The summed E-state index contributed by atoms with van der Waals surface area (Å²) in [6, 6.07) is 8.63. The molecule has 0 aliphatic carbocycles. The Kier molecular flexibility index (Phi) is 5.07. The zero-order valence-corrected chi connectivity index (χ0v) is 12.4. The quantitative estimate of drug-likeness (QED) is 0.879. The number of nitrogens with two attached hydrogens (primary N) is 1. The second-order valence-corrected chi connectivity index (χ2v) is 5.88. The largest absolute Gasteiger partial charge is 0.325 e. The van der Waals surface area contributed by atoms with Crippen LogP contribution in [0, 0.1) is 0 Å². The molecule has 0 aliphatic rings. The van der Waals surface area contributed by atoms with Crippen molar-refractivity contribution in [2.24, 2.45) is 5.73 Å². The fourth-order valence-corrected chi connectivity index (χ4v) is 2.71. The monoisotopic (exact) mass is 275 g/mol. The fourth-order valence-electron chi connectivity index (χ4n) is 2.04. The van der Waals surface area contributed by atoms with Crippen LogP contribution in [0.25, 0.3) is 0 Å². The Morgan fingerprint density at radius 2 is 1.95 bits per heavy atom. The second kappa shape index (κ2) is 6.80. The zero-order valence-electron chi connectivity index (χ0n) is 11.6. The predicted octanol–water partition coefficient (Wildman–Crippen LogP) is 2.30. The molecule has 1 aromatic heterocycles. The van der Waals surface area contributed by atoms with Gasteiger partial charge >= 0.3 is 0 Å². The van der Waals surface area contributed by atoms with Crippen LogP contribution < -0.4 is 5.73 Å². The van der Waals surface area contributed by atoms with Gasteiger partial charge in [0.15, 0.2) is 0 Å². The summed E-state index contributed by atoms with van der Waals surface area (Å²) in [5.74, 6) is 0. The van der Waals surface area contributed by atoms with E-state index in [1.807, 2.05) is 0 Å². The highest BCUT2D eigenvalue weighted by atomic mass is 32.1. The topological polar surface area (TPSA) is 42.1 Å². The average molecular weight is 275 g/mol. The highest BCUT2D eigenvalue weighted by molar-refractivity contribution is 7.09. The summed E-state index contributed by atoms with van der Waals surface area (Å²) >= 11 is 1.65. The predicted molar refractivity (Wildman–Crippen MR) is 81.5 cm³/mol. The van der Waals surface area contributed by atoms with Gasteiger partial charge in [-0.2, -0.15) is 0 Å². The van der Waals surface area contributed by atoms with Crippen LogP contribution >= 0.6 is 11.3 Å². The first kappa shape index (κ1) is 14.2. The van der Waals surface area contributed by atoms with Crippen molar-refractivity contribution in [3.05, 3.63) is 51.5 Å². The molecule has 2 N–H and O–H groups in total. The molecule has 19 heavy (non-hydrogen) atoms. The maximum atomic E-state index is 5.61. The van der Waals surface area contributed by atoms with Gasteiger partial charge < -0.3 is 10.6 Å². The SMILES string of the molecule is CN(C)CCc1ccccc1Cc1csc(CN)n1. The lowest BCUT2D eigenvalue weighted by Crippen LogP contribution is -2.15. The Bertz CT molecular complexity index is 520. The van der Waals surface area contributed by atoms with Gasteiger partial charge in [-0.3, -0.25) is 0 Å². The third-order valence-corrected chi connectivity index (χ3v) is 4.01. The molecule has 0 unspecified atom stereocenters. The number of hydrogen-bond acceptors (Lipinski definition) is 4. The van der Waals surface area contributed by atoms with Crippen molar-refractivity contribution in [3.63, 3.8) is 0 Å². The van der Waals surface area contributed by atoms with Crippen molar-refractivity contribution in [3.8, 4) is 0 Å². The Morgan fingerprint density at radius 3 is 2.58 bits per heavy atom. The molecule has 1 heterocycles. The minimum Gasteiger partial charge on any atom is -0.325 e. The first-order valence-electron chi connectivity index (χ1n) is 6.54. The molecule has 1 aromatic carbocycles. The lowest BCUT2D eigenvalue weighted by atomic mass is 10.0. The van der Waals surface area contributed by atoms with Gasteiger partial charge in [-0.05, 0) is 31.6 Å². The molecule has 2 rings (SSSR count). The van der Waals surface area contributed by atoms with Crippen LogP contribution in [-0.2, 0) is 19.4 Å². The van der Waals surface area contributed by atoms with Gasteiger partial charge in [0.05, 0.1) is 5.69 Å². The van der Waals surface area contributed by atoms with E-state index in [1.165, 1.54) is 11.1 Å². The van der Waals surface area contributed by atoms with Crippen LogP contribution in [0.2, 0.25) is 0 Å². The Labute approximate surface area is 119 Å². The molecule has 102 valence electrons. The highest BCUT2D eigenvalue weighted by Gasteiger charge is 2.06. The molecule has 4 heteroatoms. The third kappa shape index (κ3) is 4.13. The Morgan fingerprint density at radius 1 is 1.21 bits per heavy atom. The Balaban J connectivity index is 2.10. The maximum Gasteiger partial charge on any atom is 0.106 e. The summed E-state index contributed by atoms with van der Waals surface area (Å²) < 4.78 is 0. The molecular formula is C15H21N3S. The molecule has 3 nitrogen and oxygen atoms in total. The van der Waals surface area contributed by atoms with E-state index in [0.717, 1.165) is 30.1 Å². The number of hydrogen-bond donors (Lipinski definition) is 1. The molecular weight excluding hydrogens is 254 g/mol. The molecule has 0 saturated carbocycles. The fraction of sp³-hybridized carbons (Fsp3) is 0.400. The number of nitrogens with zero attached hydrogens (tertiary/aromatic N) is 2. The number of aromatic nitrogens is 1. The molecule has 0 spiro atoms. The second-order valence-electron chi connectivity index (χ2n) is 4.94. The lowest BCUT2D eigenvalue weighted by Gasteiger charge is -2.12. The molecule has 0 aliphatic heterocycles. The van der Waals surface area contributed by atoms with Gasteiger partial charge in [0, 0.05) is 24.9 Å². The maximum absolute atomic E-state index is 5.61. The van der Waals surface area contributed by atoms with Gasteiger partial charge in [-0.1, -0.05) is 24.3 Å². The minimum absolute atomic E-state index is 0.535. The summed E-state index contributed by atoms with van der Waals surface area (Å²) in [6.07, 6.45) is 1.98. The van der Waals surface area contributed by atoms with E-state index in [0.29, 0.717) is 6.54 Å². The average Bonchev–Trinajstić information content (AvgIpc) is 2.85. The van der Waals surface area contributed by atoms with Gasteiger partial charge in [-0.15, -0.1) is 11.3 Å². The first-order valence-corrected chi connectivity index (χ1v) is 7.42. The molecule has 2 aromatic rings. The summed E-state index contributed by atoms with van der Waals surface area (Å²) in [6.45, 7) is 1.61. The van der Waals surface area contributed by atoms with Crippen molar-refractivity contribution in [1.29, 1.82) is 0 Å². The minimum atomic E-state index is 0.535. The van der Waals surface area contributed by atoms with E-state index in [4.69, 9.17) is 5.73 Å². The van der Waals surface area contributed by atoms with Gasteiger partial charge in [-0.25, -0.2) is 4.98 Å². The molecule has 0 bridgehead atoms. The van der Waals surface area contributed by atoms with E-state index in [9.17, 15) is 0 Å². The Hall–Kier alpha value is -1.23.